The molecular formula is C23H19N3O5S. The average molecular weight is 449 g/mol. The summed E-state index contributed by atoms with van der Waals surface area (Å²) in [6.45, 7) is 1.66. The molecule has 4 rings (SSSR count). The molecule has 0 fully saturated rings. The molecule has 1 aliphatic rings. The van der Waals surface area contributed by atoms with Crippen LogP contribution in [0.25, 0.3) is 16.8 Å². The molecule has 1 aromatic heterocycles. The minimum atomic E-state index is -0.153. The van der Waals surface area contributed by atoms with Gasteiger partial charge in [-0.25, -0.2) is 4.98 Å². The molecule has 0 aliphatic carbocycles. The number of ketones is 1. The number of hydrogen-bond donors (Lipinski definition) is 1. The number of anilines is 1. The van der Waals surface area contributed by atoms with Crippen molar-refractivity contribution in [2.45, 2.75) is 6.92 Å². The quantitative estimate of drug-likeness (QED) is 0.408. The largest absolute Gasteiger partial charge is 0.493 e. The number of carbonyl (C=O) groups excluding carboxylic acids is 1. The summed E-state index contributed by atoms with van der Waals surface area (Å²) in [6, 6.07) is 11.0. The second-order valence-electron chi connectivity index (χ2n) is 6.73. The normalized spacial score (nSPS) is 12.2. The lowest BCUT2D eigenvalue weighted by molar-refractivity contribution is 0.101. The first kappa shape index (κ1) is 21.2. The maximum Gasteiger partial charge on any atom is 0.231 e. The number of nitrogens with one attached hydrogen (secondary N) is 1. The number of thiazole rings is 1. The molecule has 9 heteroatoms. The fourth-order valence-electron chi connectivity index (χ4n) is 3.17. The molecule has 1 aliphatic heterocycles. The van der Waals surface area contributed by atoms with Gasteiger partial charge < -0.3 is 24.3 Å². The van der Waals surface area contributed by atoms with Crippen LogP contribution in [-0.4, -0.2) is 31.8 Å². The van der Waals surface area contributed by atoms with Gasteiger partial charge in [-0.05, 0) is 31.2 Å². The van der Waals surface area contributed by atoms with Crippen LogP contribution in [0.2, 0.25) is 0 Å². The number of methoxy groups -OCH3 is 2. The van der Waals surface area contributed by atoms with Gasteiger partial charge in [0.15, 0.2) is 28.8 Å². The molecule has 32 heavy (non-hydrogen) atoms. The standard InChI is InChI=1S/C23H19N3O5S/c1-13(27)16-7-20(28-2)21(29-3)8-17(16)25-10-15(9-24)23-26-18(11-32-23)14-4-5-19-22(6-14)31-12-30-19/h4-8,10-11,25H,12H2,1-3H3/b15-10+. The molecule has 0 saturated carbocycles. The van der Waals surface area contributed by atoms with Crippen LogP contribution in [0.1, 0.15) is 22.3 Å². The summed E-state index contributed by atoms with van der Waals surface area (Å²) >= 11 is 1.34. The Morgan fingerprint density at radius 3 is 2.66 bits per heavy atom. The Labute approximate surface area is 188 Å². The molecule has 0 spiro atoms. The number of nitrogens with zero attached hydrogens (tertiary/aromatic N) is 2. The molecule has 0 amide bonds. The lowest BCUT2D eigenvalue weighted by Gasteiger charge is -2.13. The maximum absolute atomic E-state index is 12.1. The van der Waals surface area contributed by atoms with E-state index in [1.807, 2.05) is 23.6 Å². The lowest BCUT2D eigenvalue weighted by atomic mass is 10.1. The molecule has 0 bridgehead atoms. The van der Waals surface area contributed by atoms with Crippen molar-refractivity contribution in [1.29, 1.82) is 5.26 Å². The van der Waals surface area contributed by atoms with Crippen LogP contribution in [0, 0.1) is 11.3 Å². The van der Waals surface area contributed by atoms with Crippen molar-refractivity contribution in [3.63, 3.8) is 0 Å². The van der Waals surface area contributed by atoms with Crippen LogP contribution in [0.15, 0.2) is 41.9 Å². The summed E-state index contributed by atoms with van der Waals surface area (Å²) in [5.74, 6) is 2.12. The zero-order valence-corrected chi connectivity index (χ0v) is 18.4. The molecule has 8 nitrogen and oxygen atoms in total. The fourth-order valence-corrected chi connectivity index (χ4v) is 3.96. The summed E-state index contributed by atoms with van der Waals surface area (Å²) in [7, 11) is 3.02. The number of rotatable bonds is 7. The number of Topliss-reactive ketones (excluding diaryl/α,β-unsaturated/α-hetero) is 1. The minimum Gasteiger partial charge on any atom is -0.493 e. The van der Waals surface area contributed by atoms with Crippen LogP contribution in [-0.2, 0) is 0 Å². The highest BCUT2D eigenvalue weighted by atomic mass is 32.1. The molecule has 1 N–H and O–H groups in total. The Hall–Kier alpha value is -4.03. The van der Waals surface area contributed by atoms with Crippen LogP contribution in [0.3, 0.4) is 0 Å². The third-order valence-corrected chi connectivity index (χ3v) is 5.67. The van der Waals surface area contributed by atoms with Crippen molar-refractivity contribution in [3.05, 3.63) is 52.5 Å². The van der Waals surface area contributed by atoms with E-state index >= 15 is 0 Å². The summed E-state index contributed by atoms with van der Waals surface area (Å²) in [6.07, 6.45) is 1.52. The highest BCUT2D eigenvalue weighted by molar-refractivity contribution is 7.11. The van der Waals surface area contributed by atoms with Crippen LogP contribution < -0.4 is 24.3 Å². The number of carbonyl (C=O) groups is 1. The smallest absolute Gasteiger partial charge is 0.231 e. The first-order valence-corrected chi connectivity index (χ1v) is 10.4. The van der Waals surface area contributed by atoms with Crippen LogP contribution >= 0.6 is 11.3 Å². The Balaban J connectivity index is 1.62. The summed E-state index contributed by atoms with van der Waals surface area (Å²) in [5.41, 5.74) is 2.82. The van der Waals surface area contributed by atoms with Crippen molar-refractivity contribution in [2.75, 3.05) is 26.3 Å². The van der Waals surface area contributed by atoms with Gasteiger partial charge in [0.2, 0.25) is 6.79 Å². The van der Waals surface area contributed by atoms with Gasteiger partial charge in [0.1, 0.15) is 16.6 Å². The molecule has 0 radical (unpaired) electrons. The first-order valence-electron chi connectivity index (χ1n) is 9.53. The number of allylic oxidation sites excluding steroid dienone is 1. The number of fused-ring (bicyclic) bond motifs is 1. The predicted molar refractivity (Wildman–Crippen MR) is 120 cm³/mol. The molecular weight excluding hydrogens is 430 g/mol. The molecule has 0 unspecified atom stereocenters. The van der Waals surface area contributed by atoms with Gasteiger partial charge in [-0.3, -0.25) is 4.79 Å². The van der Waals surface area contributed by atoms with Gasteiger partial charge in [-0.1, -0.05) is 0 Å². The highest BCUT2D eigenvalue weighted by Gasteiger charge is 2.17. The van der Waals surface area contributed by atoms with E-state index in [1.165, 1.54) is 38.7 Å². The summed E-state index contributed by atoms with van der Waals surface area (Å²) < 4.78 is 21.4. The maximum atomic E-state index is 12.1. The second kappa shape index (κ2) is 8.99. The Morgan fingerprint density at radius 1 is 1.19 bits per heavy atom. The Kier molecular flexibility index (Phi) is 5.96. The summed E-state index contributed by atoms with van der Waals surface area (Å²) in [4.78, 5) is 16.7. The van der Waals surface area contributed by atoms with Crippen LogP contribution in [0.4, 0.5) is 5.69 Å². The molecule has 0 saturated heterocycles. The zero-order valence-electron chi connectivity index (χ0n) is 17.6. The number of ether oxygens (including phenoxy) is 4. The third kappa shape index (κ3) is 4.08. The van der Waals surface area contributed by atoms with Gasteiger partial charge in [-0.2, -0.15) is 5.26 Å². The van der Waals surface area contributed by atoms with Crippen molar-refractivity contribution in [2.24, 2.45) is 0 Å². The van der Waals surface area contributed by atoms with E-state index in [2.05, 4.69) is 16.4 Å². The number of nitriles is 1. The topological polar surface area (TPSA) is 103 Å². The van der Waals surface area contributed by atoms with E-state index < -0.39 is 0 Å². The van der Waals surface area contributed by atoms with Crippen molar-refractivity contribution >= 4 is 28.4 Å². The van der Waals surface area contributed by atoms with E-state index in [-0.39, 0.29) is 12.6 Å². The van der Waals surface area contributed by atoms with Gasteiger partial charge in [0.05, 0.1) is 25.6 Å². The van der Waals surface area contributed by atoms with E-state index in [0.29, 0.717) is 44.8 Å². The number of benzene rings is 2. The molecule has 162 valence electrons. The van der Waals surface area contributed by atoms with E-state index in [1.54, 1.807) is 12.1 Å². The van der Waals surface area contributed by atoms with E-state index in [4.69, 9.17) is 18.9 Å². The zero-order chi connectivity index (χ0) is 22.7. The van der Waals surface area contributed by atoms with Crippen molar-refractivity contribution in [3.8, 4) is 40.3 Å². The van der Waals surface area contributed by atoms with Crippen LogP contribution in [0.5, 0.6) is 23.0 Å². The Morgan fingerprint density at radius 2 is 1.94 bits per heavy atom. The summed E-state index contributed by atoms with van der Waals surface area (Å²) in [5, 5.41) is 15.1. The Bertz CT molecular complexity index is 1260. The van der Waals surface area contributed by atoms with E-state index in [9.17, 15) is 10.1 Å². The molecule has 3 aromatic rings. The highest BCUT2D eigenvalue weighted by Crippen LogP contribution is 2.37. The monoisotopic (exact) mass is 449 g/mol. The predicted octanol–water partition coefficient (Wildman–Crippen LogP) is 4.74. The van der Waals surface area contributed by atoms with Gasteiger partial charge in [0.25, 0.3) is 0 Å². The van der Waals surface area contributed by atoms with Gasteiger partial charge in [-0.15, -0.1) is 11.3 Å². The fraction of sp³-hybridized carbons (Fsp3) is 0.174. The van der Waals surface area contributed by atoms with Crippen molar-refractivity contribution < 1.29 is 23.7 Å². The average Bonchev–Trinajstić information content (AvgIpc) is 3.48. The molecule has 2 aromatic carbocycles. The van der Waals surface area contributed by atoms with Gasteiger partial charge >= 0.3 is 0 Å². The molecule has 2 heterocycles. The number of hydrogen-bond acceptors (Lipinski definition) is 9. The number of aromatic nitrogens is 1. The lowest BCUT2D eigenvalue weighted by Crippen LogP contribution is -2.03. The minimum absolute atomic E-state index is 0.153. The third-order valence-electron chi connectivity index (χ3n) is 4.80. The van der Waals surface area contributed by atoms with E-state index in [0.717, 1.165) is 11.3 Å². The molecule has 0 atom stereocenters. The van der Waals surface area contributed by atoms with Crippen molar-refractivity contribution in [1.82, 2.24) is 4.98 Å². The second-order valence-corrected chi connectivity index (χ2v) is 7.59. The first-order chi connectivity index (χ1) is 15.5. The SMILES string of the molecule is COc1cc(N/C=C(\C#N)c2nc(-c3ccc4c(c3)OCO4)cs2)c(C(C)=O)cc1OC. The van der Waals surface area contributed by atoms with Gasteiger partial charge in [0, 0.05) is 28.8 Å².